The Balaban J connectivity index is 2.34. The number of carbonyl (C=O) groups excluding carboxylic acids is 1. The van der Waals surface area contributed by atoms with Gasteiger partial charge in [-0.25, -0.2) is 4.79 Å². The second kappa shape index (κ2) is 5.82. The van der Waals surface area contributed by atoms with E-state index in [2.05, 4.69) is 5.32 Å². The molecule has 19 heavy (non-hydrogen) atoms. The lowest BCUT2D eigenvalue weighted by atomic mass is 10.2. The Bertz CT molecular complexity index is 625. The van der Waals surface area contributed by atoms with Crippen LogP contribution in [-0.2, 0) is 4.74 Å². The summed E-state index contributed by atoms with van der Waals surface area (Å²) < 4.78 is 4.72. The number of carbonyl (C=O) groups is 1. The lowest BCUT2D eigenvalue weighted by Gasteiger charge is -2.10. The zero-order chi connectivity index (χ0) is 14.0. The number of benzene rings is 1. The van der Waals surface area contributed by atoms with Crippen molar-refractivity contribution in [1.29, 1.82) is 0 Å². The van der Waals surface area contributed by atoms with Gasteiger partial charge in [0.2, 0.25) is 0 Å². The average Bonchev–Trinajstić information content (AvgIpc) is 2.83. The van der Waals surface area contributed by atoms with Gasteiger partial charge in [-0.1, -0.05) is 23.2 Å². The third-order valence-corrected chi connectivity index (χ3v) is 4.17. The molecule has 0 aliphatic rings. The topological polar surface area (TPSA) is 38.3 Å². The van der Waals surface area contributed by atoms with Crippen LogP contribution >= 0.6 is 34.5 Å². The van der Waals surface area contributed by atoms with Crippen LogP contribution in [0.5, 0.6) is 0 Å². The Hall–Kier alpha value is -1.23. The fourth-order valence-corrected chi connectivity index (χ4v) is 2.75. The number of ether oxygens (including phenoxy) is 1. The molecule has 100 valence electrons. The molecule has 0 unspecified atom stereocenters. The molecule has 1 aromatic heterocycles. The van der Waals surface area contributed by atoms with Gasteiger partial charge in [0, 0.05) is 5.02 Å². The molecule has 0 saturated heterocycles. The summed E-state index contributed by atoms with van der Waals surface area (Å²) in [7, 11) is 1.35. The number of aryl methyl sites for hydroxylation is 1. The van der Waals surface area contributed by atoms with Crippen LogP contribution in [-0.4, -0.2) is 13.1 Å². The molecule has 0 atom stereocenters. The first-order valence-electron chi connectivity index (χ1n) is 5.41. The van der Waals surface area contributed by atoms with Gasteiger partial charge in [-0.15, -0.1) is 11.3 Å². The van der Waals surface area contributed by atoms with E-state index in [0.29, 0.717) is 26.3 Å². The van der Waals surface area contributed by atoms with Crippen LogP contribution in [0, 0.1) is 6.92 Å². The molecule has 6 heteroatoms. The number of hydrogen-bond donors (Lipinski definition) is 1. The molecule has 0 radical (unpaired) electrons. The van der Waals surface area contributed by atoms with Gasteiger partial charge < -0.3 is 10.1 Å². The Morgan fingerprint density at radius 1 is 1.26 bits per heavy atom. The number of halogens is 2. The molecule has 1 heterocycles. The summed E-state index contributed by atoms with van der Waals surface area (Å²) in [4.78, 5) is 12.1. The van der Waals surface area contributed by atoms with Crippen molar-refractivity contribution in [2.75, 3.05) is 12.4 Å². The number of rotatable bonds is 3. The van der Waals surface area contributed by atoms with E-state index in [4.69, 9.17) is 27.9 Å². The molecule has 2 aromatic rings. The molecule has 0 aliphatic heterocycles. The van der Waals surface area contributed by atoms with Crippen molar-refractivity contribution in [2.45, 2.75) is 6.92 Å². The van der Waals surface area contributed by atoms with Crippen LogP contribution < -0.4 is 5.32 Å². The Morgan fingerprint density at radius 2 is 2.00 bits per heavy atom. The van der Waals surface area contributed by atoms with Gasteiger partial charge >= 0.3 is 5.97 Å². The molecule has 1 aromatic carbocycles. The minimum atomic E-state index is -0.376. The fraction of sp³-hybridized carbons (Fsp3) is 0.154. The summed E-state index contributed by atoms with van der Waals surface area (Å²) in [6, 6.07) is 5.31. The lowest BCUT2D eigenvalue weighted by molar-refractivity contribution is 0.0607. The van der Waals surface area contributed by atoms with E-state index in [1.165, 1.54) is 18.4 Å². The van der Waals surface area contributed by atoms with E-state index >= 15 is 0 Å². The van der Waals surface area contributed by atoms with E-state index in [1.54, 1.807) is 12.1 Å². The zero-order valence-electron chi connectivity index (χ0n) is 10.3. The molecule has 3 nitrogen and oxygen atoms in total. The predicted molar refractivity (Wildman–Crippen MR) is 80.1 cm³/mol. The molecular weight excluding hydrogens is 305 g/mol. The molecule has 0 spiro atoms. The van der Waals surface area contributed by atoms with Gasteiger partial charge in [-0.2, -0.15) is 0 Å². The minimum absolute atomic E-state index is 0.376. The SMILES string of the molecule is COC(=O)c1sccc1Nc1cc(C)c(Cl)cc1Cl. The average molecular weight is 316 g/mol. The van der Waals surface area contributed by atoms with Crippen LogP contribution in [0.25, 0.3) is 0 Å². The van der Waals surface area contributed by atoms with Gasteiger partial charge in [-0.3, -0.25) is 0 Å². The van der Waals surface area contributed by atoms with E-state index < -0.39 is 0 Å². The number of thiophene rings is 1. The molecule has 2 rings (SSSR count). The first kappa shape index (κ1) is 14.2. The largest absolute Gasteiger partial charge is 0.465 e. The molecule has 0 bridgehead atoms. The molecule has 0 amide bonds. The number of nitrogens with one attached hydrogen (secondary N) is 1. The highest BCUT2D eigenvalue weighted by atomic mass is 35.5. The highest BCUT2D eigenvalue weighted by Gasteiger charge is 2.15. The highest BCUT2D eigenvalue weighted by Crippen LogP contribution is 2.33. The smallest absolute Gasteiger partial charge is 0.350 e. The van der Waals surface area contributed by atoms with Crippen LogP contribution in [0.15, 0.2) is 23.6 Å². The van der Waals surface area contributed by atoms with Crippen LogP contribution in [0.2, 0.25) is 10.0 Å². The Kier molecular flexibility index (Phi) is 4.34. The minimum Gasteiger partial charge on any atom is -0.465 e. The summed E-state index contributed by atoms with van der Waals surface area (Å²) in [5, 5.41) is 6.04. The number of esters is 1. The molecule has 0 fully saturated rings. The monoisotopic (exact) mass is 315 g/mol. The van der Waals surface area contributed by atoms with Gasteiger partial charge in [0.25, 0.3) is 0 Å². The molecule has 0 saturated carbocycles. The quantitative estimate of drug-likeness (QED) is 0.819. The van der Waals surface area contributed by atoms with Crippen LogP contribution in [0.3, 0.4) is 0 Å². The van der Waals surface area contributed by atoms with Crippen molar-refractivity contribution < 1.29 is 9.53 Å². The molecular formula is C13H11Cl2NO2S. The van der Waals surface area contributed by atoms with Crippen molar-refractivity contribution >= 4 is 51.9 Å². The summed E-state index contributed by atoms with van der Waals surface area (Å²) in [5.41, 5.74) is 2.27. The normalized spacial score (nSPS) is 10.3. The predicted octanol–water partition coefficient (Wildman–Crippen LogP) is 4.89. The zero-order valence-corrected chi connectivity index (χ0v) is 12.6. The van der Waals surface area contributed by atoms with Crippen molar-refractivity contribution in [2.24, 2.45) is 0 Å². The Labute approximate surface area is 125 Å². The lowest BCUT2D eigenvalue weighted by Crippen LogP contribution is -2.02. The fourth-order valence-electron chi connectivity index (χ4n) is 1.56. The van der Waals surface area contributed by atoms with Gasteiger partial charge in [0.15, 0.2) is 0 Å². The standard InChI is InChI=1S/C13H11Cl2NO2S/c1-7-5-11(9(15)6-8(7)14)16-10-3-4-19-12(10)13(17)18-2/h3-6,16H,1-2H3. The number of anilines is 2. The maximum Gasteiger partial charge on any atom is 0.350 e. The third kappa shape index (κ3) is 3.03. The van der Waals surface area contributed by atoms with Crippen LogP contribution in [0.4, 0.5) is 11.4 Å². The second-order valence-corrected chi connectivity index (χ2v) is 5.59. The van der Waals surface area contributed by atoms with E-state index in [0.717, 1.165) is 5.56 Å². The number of methoxy groups -OCH3 is 1. The van der Waals surface area contributed by atoms with Crippen molar-refractivity contribution in [3.8, 4) is 0 Å². The van der Waals surface area contributed by atoms with Crippen LogP contribution in [0.1, 0.15) is 15.2 Å². The maximum absolute atomic E-state index is 11.6. The summed E-state index contributed by atoms with van der Waals surface area (Å²) >= 11 is 13.4. The molecule has 1 N–H and O–H groups in total. The van der Waals surface area contributed by atoms with E-state index in [9.17, 15) is 4.79 Å². The van der Waals surface area contributed by atoms with E-state index in [-0.39, 0.29) is 5.97 Å². The Morgan fingerprint density at radius 3 is 2.68 bits per heavy atom. The van der Waals surface area contributed by atoms with Gasteiger partial charge in [0.05, 0.1) is 23.5 Å². The first-order chi connectivity index (χ1) is 9.02. The summed E-state index contributed by atoms with van der Waals surface area (Å²) in [5.74, 6) is -0.376. The number of hydrogen-bond acceptors (Lipinski definition) is 4. The maximum atomic E-state index is 11.6. The molecule has 0 aliphatic carbocycles. The van der Waals surface area contributed by atoms with Crippen molar-refractivity contribution in [3.63, 3.8) is 0 Å². The summed E-state index contributed by atoms with van der Waals surface area (Å²) in [6.45, 7) is 1.89. The van der Waals surface area contributed by atoms with Crippen molar-refractivity contribution in [1.82, 2.24) is 0 Å². The van der Waals surface area contributed by atoms with Crippen molar-refractivity contribution in [3.05, 3.63) is 44.1 Å². The van der Waals surface area contributed by atoms with Gasteiger partial charge in [0.1, 0.15) is 4.88 Å². The van der Waals surface area contributed by atoms with Gasteiger partial charge in [-0.05, 0) is 36.1 Å². The summed E-state index contributed by atoms with van der Waals surface area (Å²) in [6.07, 6.45) is 0. The third-order valence-electron chi connectivity index (χ3n) is 2.55. The van der Waals surface area contributed by atoms with E-state index in [1.807, 2.05) is 18.4 Å². The first-order valence-corrected chi connectivity index (χ1v) is 7.05. The highest BCUT2D eigenvalue weighted by molar-refractivity contribution is 7.12. The second-order valence-electron chi connectivity index (χ2n) is 3.86.